The summed E-state index contributed by atoms with van der Waals surface area (Å²) in [6, 6.07) is 6.33. The number of benzene rings is 1. The Bertz CT molecular complexity index is 398. The second kappa shape index (κ2) is 4.63. The highest BCUT2D eigenvalue weighted by Gasteiger charge is 2.13. The summed E-state index contributed by atoms with van der Waals surface area (Å²) in [5, 5.41) is 19.2. The number of nitro groups is 1. The van der Waals surface area contributed by atoms with E-state index in [1.165, 1.54) is 23.9 Å². The van der Waals surface area contributed by atoms with Gasteiger partial charge in [0, 0.05) is 6.07 Å². The molecule has 0 unspecified atom stereocenters. The maximum absolute atomic E-state index is 10.6. The van der Waals surface area contributed by atoms with Crippen molar-refractivity contribution in [3.8, 4) is 6.07 Å². The molecule has 0 saturated heterocycles. The molecule has 0 radical (unpaired) electrons. The number of nitro benzene ring substituents is 1. The number of nitriles is 1. The topological polar surface area (TPSA) is 66.9 Å². The second-order valence-electron chi connectivity index (χ2n) is 2.48. The molecule has 1 aromatic carbocycles. The molecular formula is C9H8N2O2S. The Kier molecular flexibility index (Phi) is 3.48. The fourth-order valence-corrected chi connectivity index (χ4v) is 1.82. The molecule has 0 aliphatic carbocycles. The highest BCUT2D eigenvalue weighted by atomic mass is 32.2. The summed E-state index contributed by atoms with van der Waals surface area (Å²) in [5.41, 5.74) is 0.516. The minimum atomic E-state index is -0.431. The summed E-state index contributed by atoms with van der Waals surface area (Å²) in [4.78, 5) is 10.7. The van der Waals surface area contributed by atoms with Gasteiger partial charge in [0.25, 0.3) is 5.69 Å². The molecule has 0 spiro atoms. The van der Waals surface area contributed by atoms with E-state index in [1.807, 2.05) is 13.0 Å². The third-order valence-electron chi connectivity index (χ3n) is 1.59. The predicted octanol–water partition coefficient (Wildman–Crippen LogP) is 2.58. The third kappa shape index (κ3) is 2.24. The van der Waals surface area contributed by atoms with Gasteiger partial charge in [0.05, 0.1) is 21.5 Å². The SMILES string of the molecule is CCSc1cc(C#N)ccc1[N+](=O)[O-]. The van der Waals surface area contributed by atoms with Gasteiger partial charge in [-0.2, -0.15) is 5.26 Å². The quantitative estimate of drug-likeness (QED) is 0.435. The van der Waals surface area contributed by atoms with E-state index in [-0.39, 0.29) is 5.69 Å². The first-order valence-corrected chi connectivity index (χ1v) is 4.99. The number of thioether (sulfide) groups is 1. The number of hydrogen-bond acceptors (Lipinski definition) is 4. The molecule has 14 heavy (non-hydrogen) atoms. The summed E-state index contributed by atoms with van der Waals surface area (Å²) in [6.07, 6.45) is 0. The molecule has 0 heterocycles. The molecule has 1 rings (SSSR count). The van der Waals surface area contributed by atoms with E-state index in [0.29, 0.717) is 10.5 Å². The van der Waals surface area contributed by atoms with E-state index in [9.17, 15) is 10.1 Å². The molecule has 0 fully saturated rings. The lowest BCUT2D eigenvalue weighted by Gasteiger charge is -2.00. The van der Waals surface area contributed by atoms with Crippen LogP contribution in [0.5, 0.6) is 0 Å². The highest BCUT2D eigenvalue weighted by Crippen LogP contribution is 2.29. The minimum Gasteiger partial charge on any atom is -0.258 e. The summed E-state index contributed by atoms with van der Waals surface area (Å²) in [7, 11) is 0. The predicted molar refractivity (Wildman–Crippen MR) is 54.2 cm³/mol. The lowest BCUT2D eigenvalue weighted by atomic mass is 10.2. The van der Waals surface area contributed by atoms with Crippen molar-refractivity contribution in [2.45, 2.75) is 11.8 Å². The van der Waals surface area contributed by atoms with E-state index in [2.05, 4.69) is 0 Å². The zero-order chi connectivity index (χ0) is 10.6. The van der Waals surface area contributed by atoms with E-state index in [1.54, 1.807) is 6.07 Å². The second-order valence-corrected chi connectivity index (χ2v) is 3.79. The van der Waals surface area contributed by atoms with Crippen molar-refractivity contribution in [3.63, 3.8) is 0 Å². The largest absolute Gasteiger partial charge is 0.282 e. The van der Waals surface area contributed by atoms with E-state index in [4.69, 9.17) is 5.26 Å². The van der Waals surface area contributed by atoms with Crippen molar-refractivity contribution >= 4 is 17.4 Å². The van der Waals surface area contributed by atoms with Crippen molar-refractivity contribution in [2.75, 3.05) is 5.75 Å². The van der Waals surface area contributed by atoms with Crippen LogP contribution in [0, 0.1) is 21.4 Å². The standard InChI is InChI=1S/C9H8N2O2S/c1-2-14-9-5-7(6-10)3-4-8(9)11(12)13/h3-5H,2H2,1H3. The summed E-state index contributed by atoms with van der Waals surface area (Å²) in [5.74, 6) is 0.746. The van der Waals surface area contributed by atoms with Crippen LogP contribution in [0.4, 0.5) is 5.69 Å². The van der Waals surface area contributed by atoms with Gasteiger partial charge in [-0.05, 0) is 17.9 Å². The molecular weight excluding hydrogens is 200 g/mol. The van der Waals surface area contributed by atoms with Crippen molar-refractivity contribution in [3.05, 3.63) is 33.9 Å². The first-order valence-electron chi connectivity index (χ1n) is 4.00. The third-order valence-corrected chi connectivity index (χ3v) is 2.51. The Morgan fingerprint density at radius 1 is 1.64 bits per heavy atom. The van der Waals surface area contributed by atoms with Crippen LogP contribution in [0.25, 0.3) is 0 Å². The van der Waals surface area contributed by atoms with Crippen LogP contribution in [0.15, 0.2) is 23.1 Å². The van der Waals surface area contributed by atoms with Gasteiger partial charge >= 0.3 is 0 Å². The van der Waals surface area contributed by atoms with Gasteiger partial charge in [0.2, 0.25) is 0 Å². The van der Waals surface area contributed by atoms with Gasteiger partial charge in [0.1, 0.15) is 0 Å². The van der Waals surface area contributed by atoms with E-state index < -0.39 is 4.92 Å². The Balaban J connectivity index is 3.18. The first kappa shape index (κ1) is 10.5. The highest BCUT2D eigenvalue weighted by molar-refractivity contribution is 7.99. The van der Waals surface area contributed by atoms with Crippen molar-refractivity contribution in [1.82, 2.24) is 0 Å². The van der Waals surface area contributed by atoms with Crippen LogP contribution in [0.3, 0.4) is 0 Å². The zero-order valence-corrected chi connectivity index (χ0v) is 8.37. The summed E-state index contributed by atoms with van der Waals surface area (Å²) < 4.78 is 0. The maximum atomic E-state index is 10.6. The molecule has 5 heteroatoms. The Morgan fingerprint density at radius 2 is 2.36 bits per heavy atom. The summed E-state index contributed by atoms with van der Waals surface area (Å²) >= 11 is 1.37. The van der Waals surface area contributed by atoms with Crippen LogP contribution >= 0.6 is 11.8 Å². The Morgan fingerprint density at radius 3 is 2.86 bits per heavy atom. The van der Waals surface area contributed by atoms with Crippen LogP contribution < -0.4 is 0 Å². The Hall–Kier alpha value is -1.54. The van der Waals surface area contributed by atoms with E-state index in [0.717, 1.165) is 5.75 Å². The molecule has 72 valence electrons. The van der Waals surface area contributed by atoms with Gasteiger partial charge in [0.15, 0.2) is 0 Å². The molecule has 0 bridgehead atoms. The summed E-state index contributed by atoms with van der Waals surface area (Å²) in [6.45, 7) is 1.91. The monoisotopic (exact) mass is 208 g/mol. The maximum Gasteiger partial charge on any atom is 0.282 e. The lowest BCUT2D eigenvalue weighted by molar-refractivity contribution is -0.387. The average Bonchev–Trinajstić information content (AvgIpc) is 2.17. The average molecular weight is 208 g/mol. The van der Waals surface area contributed by atoms with Crippen LogP contribution in [-0.4, -0.2) is 10.7 Å². The Labute approximate surface area is 85.7 Å². The van der Waals surface area contributed by atoms with Gasteiger partial charge in [-0.25, -0.2) is 0 Å². The molecule has 0 N–H and O–H groups in total. The van der Waals surface area contributed by atoms with Crippen molar-refractivity contribution < 1.29 is 4.92 Å². The zero-order valence-electron chi connectivity index (χ0n) is 7.56. The number of rotatable bonds is 3. The lowest BCUT2D eigenvalue weighted by Crippen LogP contribution is -1.91. The molecule has 4 nitrogen and oxygen atoms in total. The molecule has 0 aromatic heterocycles. The van der Waals surface area contributed by atoms with Crippen LogP contribution in [0.2, 0.25) is 0 Å². The number of nitrogens with zero attached hydrogens (tertiary/aromatic N) is 2. The molecule has 0 aliphatic heterocycles. The normalized spacial score (nSPS) is 9.43. The van der Waals surface area contributed by atoms with Crippen LogP contribution in [-0.2, 0) is 0 Å². The minimum absolute atomic E-state index is 0.0656. The smallest absolute Gasteiger partial charge is 0.258 e. The van der Waals surface area contributed by atoms with Crippen LogP contribution in [0.1, 0.15) is 12.5 Å². The van der Waals surface area contributed by atoms with Gasteiger partial charge in [-0.15, -0.1) is 11.8 Å². The fraction of sp³-hybridized carbons (Fsp3) is 0.222. The van der Waals surface area contributed by atoms with Gasteiger partial charge in [-0.1, -0.05) is 6.92 Å². The van der Waals surface area contributed by atoms with Crippen molar-refractivity contribution in [2.24, 2.45) is 0 Å². The van der Waals surface area contributed by atoms with Crippen molar-refractivity contribution in [1.29, 1.82) is 5.26 Å². The molecule has 1 aromatic rings. The van der Waals surface area contributed by atoms with Gasteiger partial charge < -0.3 is 0 Å². The van der Waals surface area contributed by atoms with Gasteiger partial charge in [-0.3, -0.25) is 10.1 Å². The molecule has 0 atom stereocenters. The fourth-order valence-electron chi connectivity index (χ4n) is 1.01. The molecule has 0 aliphatic rings. The molecule has 0 saturated carbocycles. The number of hydrogen-bond donors (Lipinski definition) is 0. The molecule has 0 amide bonds. The van der Waals surface area contributed by atoms with E-state index >= 15 is 0 Å². The first-order chi connectivity index (χ1) is 6.69.